The molecule has 0 radical (unpaired) electrons. The molecular weight excluding hydrogens is 242 g/mol. The summed E-state index contributed by atoms with van der Waals surface area (Å²) in [6.07, 6.45) is 1.16. The van der Waals surface area contributed by atoms with Gasteiger partial charge < -0.3 is 5.32 Å². The summed E-state index contributed by atoms with van der Waals surface area (Å²) in [6.45, 7) is 7.67. The molecule has 0 saturated carbocycles. The van der Waals surface area contributed by atoms with Crippen molar-refractivity contribution in [1.29, 1.82) is 0 Å². The quantitative estimate of drug-likeness (QED) is 0.787. The highest BCUT2D eigenvalue weighted by molar-refractivity contribution is 5.26. The summed E-state index contributed by atoms with van der Waals surface area (Å²) in [5.74, 6) is 0.685. The summed E-state index contributed by atoms with van der Waals surface area (Å²) in [5.41, 5.74) is 4.13. The number of nitrogens with one attached hydrogen (secondary N) is 1. The van der Waals surface area contributed by atoms with E-state index in [9.17, 15) is 0 Å². The number of aryl methyl sites for hydroxylation is 1. The van der Waals surface area contributed by atoms with Crippen molar-refractivity contribution in [2.24, 2.45) is 5.92 Å². The Labute approximate surface area is 123 Å². The molecule has 106 valence electrons. The van der Waals surface area contributed by atoms with Gasteiger partial charge in [0.1, 0.15) is 0 Å². The summed E-state index contributed by atoms with van der Waals surface area (Å²) in [6, 6.07) is 19.8. The summed E-state index contributed by atoms with van der Waals surface area (Å²) >= 11 is 0. The van der Waals surface area contributed by atoms with Crippen LogP contribution in [-0.4, -0.2) is 0 Å². The van der Waals surface area contributed by atoms with Crippen molar-refractivity contribution < 1.29 is 0 Å². The smallest absolute Gasteiger partial charge is 0.0325 e. The van der Waals surface area contributed by atoms with E-state index in [2.05, 4.69) is 80.7 Å². The third-order valence-electron chi connectivity index (χ3n) is 3.71. The Hall–Kier alpha value is -1.60. The van der Waals surface area contributed by atoms with E-state index >= 15 is 0 Å². The molecule has 0 saturated heterocycles. The highest BCUT2D eigenvalue weighted by Gasteiger charge is 2.12. The van der Waals surface area contributed by atoms with Gasteiger partial charge in [-0.15, -0.1) is 0 Å². The molecule has 1 heteroatoms. The topological polar surface area (TPSA) is 12.0 Å². The van der Waals surface area contributed by atoms with Gasteiger partial charge in [0, 0.05) is 12.6 Å². The second-order valence-corrected chi connectivity index (χ2v) is 5.90. The zero-order valence-corrected chi connectivity index (χ0v) is 12.8. The summed E-state index contributed by atoms with van der Waals surface area (Å²) in [5, 5.41) is 3.72. The van der Waals surface area contributed by atoms with E-state index in [0.29, 0.717) is 12.0 Å². The second kappa shape index (κ2) is 7.25. The molecule has 0 spiro atoms. The van der Waals surface area contributed by atoms with Crippen LogP contribution < -0.4 is 5.32 Å². The second-order valence-electron chi connectivity index (χ2n) is 5.90. The molecule has 2 aromatic rings. The maximum Gasteiger partial charge on any atom is 0.0325 e. The normalized spacial score (nSPS) is 12.6. The van der Waals surface area contributed by atoms with Gasteiger partial charge in [-0.1, -0.05) is 68.4 Å². The van der Waals surface area contributed by atoms with Crippen molar-refractivity contribution in [3.05, 3.63) is 71.3 Å². The van der Waals surface area contributed by atoms with E-state index < -0.39 is 0 Å². The highest BCUT2D eigenvalue weighted by atomic mass is 14.9. The van der Waals surface area contributed by atoms with Crippen molar-refractivity contribution in [2.75, 3.05) is 0 Å². The molecule has 20 heavy (non-hydrogen) atoms. The standard InChI is InChI=1S/C19H25N/c1-15(2)13-19(17-10-5-4-6-11-17)20-14-18-12-8-7-9-16(18)3/h4-12,15,19-20H,13-14H2,1-3H3. The molecule has 1 unspecified atom stereocenters. The van der Waals surface area contributed by atoms with Crippen LogP contribution >= 0.6 is 0 Å². The Morgan fingerprint density at radius 3 is 2.20 bits per heavy atom. The van der Waals surface area contributed by atoms with E-state index in [-0.39, 0.29) is 0 Å². The van der Waals surface area contributed by atoms with Crippen LogP contribution in [0.5, 0.6) is 0 Å². The fourth-order valence-electron chi connectivity index (χ4n) is 2.54. The third kappa shape index (κ3) is 4.21. The number of benzene rings is 2. The van der Waals surface area contributed by atoms with Crippen LogP contribution in [0.3, 0.4) is 0 Å². The van der Waals surface area contributed by atoms with E-state index in [1.807, 2.05) is 0 Å². The van der Waals surface area contributed by atoms with Crippen LogP contribution in [0.15, 0.2) is 54.6 Å². The van der Waals surface area contributed by atoms with Gasteiger partial charge >= 0.3 is 0 Å². The molecule has 0 aromatic heterocycles. The molecule has 0 amide bonds. The van der Waals surface area contributed by atoms with Crippen LogP contribution in [0.25, 0.3) is 0 Å². The van der Waals surface area contributed by atoms with E-state index in [4.69, 9.17) is 0 Å². The van der Waals surface area contributed by atoms with Gasteiger partial charge in [0.05, 0.1) is 0 Å². The van der Waals surface area contributed by atoms with Gasteiger partial charge in [0.25, 0.3) is 0 Å². The molecule has 1 nitrogen and oxygen atoms in total. The molecule has 2 aromatic carbocycles. The predicted octanol–water partition coefficient (Wildman–Crippen LogP) is 4.87. The van der Waals surface area contributed by atoms with Crippen molar-refractivity contribution in [2.45, 2.75) is 39.8 Å². The Kier molecular flexibility index (Phi) is 5.37. The van der Waals surface area contributed by atoms with Crippen molar-refractivity contribution in [3.8, 4) is 0 Å². The van der Waals surface area contributed by atoms with Crippen LogP contribution in [-0.2, 0) is 6.54 Å². The van der Waals surface area contributed by atoms with Gasteiger partial charge in [0.2, 0.25) is 0 Å². The summed E-state index contributed by atoms with van der Waals surface area (Å²) in [7, 11) is 0. The van der Waals surface area contributed by atoms with E-state index in [0.717, 1.165) is 13.0 Å². The monoisotopic (exact) mass is 267 g/mol. The SMILES string of the molecule is Cc1ccccc1CNC(CC(C)C)c1ccccc1. The van der Waals surface area contributed by atoms with Crippen LogP contribution in [0, 0.1) is 12.8 Å². The van der Waals surface area contributed by atoms with E-state index in [1.54, 1.807) is 0 Å². The lowest BCUT2D eigenvalue weighted by Crippen LogP contribution is -2.22. The lowest BCUT2D eigenvalue weighted by molar-refractivity contribution is 0.428. The van der Waals surface area contributed by atoms with Gasteiger partial charge in [-0.25, -0.2) is 0 Å². The molecule has 0 aliphatic rings. The minimum Gasteiger partial charge on any atom is -0.306 e. The van der Waals surface area contributed by atoms with Crippen molar-refractivity contribution >= 4 is 0 Å². The van der Waals surface area contributed by atoms with E-state index in [1.165, 1.54) is 16.7 Å². The predicted molar refractivity (Wildman–Crippen MR) is 86.7 cm³/mol. The molecule has 0 aliphatic carbocycles. The van der Waals surface area contributed by atoms with Crippen molar-refractivity contribution in [1.82, 2.24) is 5.32 Å². The van der Waals surface area contributed by atoms with Crippen LogP contribution in [0.1, 0.15) is 43.0 Å². The number of hydrogen-bond acceptors (Lipinski definition) is 1. The van der Waals surface area contributed by atoms with Crippen LogP contribution in [0.4, 0.5) is 0 Å². The molecule has 2 rings (SSSR count). The fourth-order valence-corrected chi connectivity index (χ4v) is 2.54. The lowest BCUT2D eigenvalue weighted by atomic mass is 9.96. The Balaban J connectivity index is 2.07. The number of hydrogen-bond donors (Lipinski definition) is 1. The molecular formula is C19H25N. The first-order valence-electron chi connectivity index (χ1n) is 7.49. The van der Waals surface area contributed by atoms with Crippen LogP contribution in [0.2, 0.25) is 0 Å². The molecule has 0 aliphatic heterocycles. The minimum absolute atomic E-state index is 0.427. The zero-order valence-electron chi connectivity index (χ0n) is 12.8. The maximum atomic E-state index is 3.72. The largest absolute Gasteiger partial charge is 0.306 e. The average Bonchev–Trinajstić information content (AvgIpc) is 2.45. The summed E-state index contributed by atoms with van der Waals surface area (Å²) in [4.78, 5) is 0. The maximum absolute atomic E-state index is 3.72. The minimum atomic E-state index is 0.427. The molecule has 1 N–H and O–H groups in total. The van der Waals surface area contributed by atoms with Gasteiger partial charge in [0.15, 0.2) is 0 Å². The molecule has 0 bridgehead atoms. The summed E-state index contributed by atoms with van der Waals surface area (Å²) < 4.78 is 0. The van der Waals surface area contributed by atoms with Crippen molar-refractivity contribution in [3.63, 3.8) is 0 Å². The average molecular weight is 267 g/mol. The third-order valence-corrected chi connectivity index (χ3v) is 3.71. The first kappa shape index (κ1) is 14.8. The fraction of sp³-hybridized carbons (Fsp3) is 0.368. The van der Waals surface area contributed by atoms with Gasteiger partial charge in [-0.2, -0.15) is 0 Å². The Morgan fingerprint density at radius 2 is 1.55 bits per heavy atom. The molecule has 0 heterocycles. The first-order valence-corrected chi connectivity index (χ1v) is 7.49. The zero-order chi connectivity index (χ0) is 14.4. The first-order chi connectivity index (χ1) is 9.66. The molecule has 0 fully saturated rings. The molecule has 1 atom stereocenters. The number of rotatable bonds is 6. The highest BCUT2D eigenvalue weighted by Crippen LogP contribution is 2.22. The Bertz CT molecular complexity index is 516. The van der Waals surface area contributed by atoms with Gasteiger partial charge in [-0.3, -0.25) is 0 Å². The van der Waals surface area contributed by atoms with Gasteiger partial charge in [-0.05, 0) is 36.0 Å². The lowest BCUT2D eigenvalue weighted by Gasteiger charge is -2.22. The Morgan fingerprint density at radius 1 is 0.900 bits per heavy atom.